The number of ether oxygens (including phenoxy) is 2. The van der Waals surface area contributed by atoms with E-state index in [0.29, 0.717) is 11.1 Å². The molecule has 0 saturated heterocycles. The molecule has 2 aromatic carbocycles. The van der Waals surface area contributed by atoms with E-state index in [1.807, 2.05) is 0 Å². The highest BCUT2D eigenvalue weighted by Crippen LogP contribution is 2.36. The van der Waals surface area contributed by atoms with Crippen molar-refractivity contribution in [3.05, 3.63) is 77.2 Å². The molecule has 0 aromatic heterocycles. The summed E-state index contributed by atoms with van der Waals surface area (Å²) in [6.07, 6.45) is 0. The summed E-state index contributed by atoms with van der Waals surface area (Å²) in [5.74, 6) is -2.24. The predicted octanol–water partition coefficient (Wildman–Crippen LogP) is 2.80. The monoisotopic (exact) mass is 338 g/mol. The first-order valence-electron chi connectivity index (χ1n) is 7.36. The Labute approximate surface area is 143 Å². The zero-order valence-corrected chi connectivity index (χ0v) is 13.2. The van der Waals surface area contributed by atoms with Gasteiger partial charge in [-0.2, -0.15) is 0 Å². The Bertz CT molecular complexity index is 891. The van der Waals surface area contributed by atoms with Crippen LogP contribution < -0.4 is 0 Å². The van der Waals surface area contributed by atoms with Crippen molar-refractivity contribution in [2.24, 2.45) is 0 Å². The molecule has 0 radical (unpaired) electrons. The summed E-state index contributed by atoms with van der Waals surface area (Å²) in [4.78, 5) is 24.4. The highest BCUT2D eigenvalue weighted by molar-refractivity contribution is 6.25. The van der Waals surface area contributed by atoms with Crippen LogP contribution in [0.25, 0.3) is 11.1 Å². The fraction of sp³-hybridized carbons (Fsp3) is 0.0526. The number of hydrogen-bond acceptors (Lipinski definition) is 6. The molecule has 0 fully saturated rings. The van der Waals surface area contributed by atoms with Crippen molar-refractivity contribution in [3.63, 3.8) is 0 Å². The van der Waals surface area contributed by atoms with E-state index in [4.69, 9.17) is 9.47 Å². The molecule has 0 spiro atoms. The quantitative estimate of drug-likeness (QED) is 0.660. The van der Waals surface area contributed by atoms with Crippen molar-refractivity contribution in [2.75, 3.05) is 7.11 Å². The molecule has 2 N–H and O–H groups in total. The number of aromatic hydroxyl groups is 1. The lowest BCUT2D eigenvalue weighted by molar-refractivity contribution is -0.134. The maximum Gasteiger partial charge on any atom is 0.348 e. The Hall–Kier alpha value is -3.54. The molecule has 126 valence electrons. The lowest BCUT2D eigenvalue weighted by Crippen LogP contribution is -2.09. The zero-order valence-electron chi connectivity index (χ0n) is 13.2. The number of rotatable bonds is 3. The molecule has 2 aromatic rings. The van der Waals surface area contributed by atoms with E-state index in [0.717, 1.165) is 0 Å². The normalized spacial score (nSPS) is 15.8. The second-order valence-electron chi connectivity index (χ2n) is 5.22. The van der Waals surface area contributed by atoms with Crippen molar-refractivity contribution >= 4 is 23.1 Å². The average molecular weight is 338 g/mol. The summed E-state index contributed by atoms with van der Waals surface area (Å²) >= 11 is 0. The molecular weight excluding hydrogens is 324 g/mol. The van der Waals surface area contributed by atoms with Gasteiger partial charge in [0.05, 0.1) is 7.11 Å². The van der Waals surface area contributed by atoms with Gasteiger partial charge in [0, 0.05) is 0 Å². The summed E-state index contributed by atoms with van der Waals surface area (Å²) in [6, 6.07) is 14.1. The molecule has 1 aliphatic heterocycles. The second kappa shape index (κ2) is 6.52. The number of phenolic OH excluding ortho intramolecular Hbond substituents is 1. The zero-order chi connectivity index (χ0) is 18.0. The number of phenols is 1. The molecule has 6 heteroatoms. The number of methoxy groups -OCH3 is 1. The van der Waals surface area contributed by atoms with Gasteiger partial charge < -0.3 is 19.7 Å². The molecule has 0 atom stereocenters. The third kappa shape index (κ3) is 2.97. The van der Waals surface area contributed by atoms with Gasteiger partial charge in [0.2, 0.25) is 0 Å². The van der Waals surface area contributed by atoms with Crippen LogP contribution in [-0.4, -0.2) is 29.3 Å². The minimum Gasteiger partial charge on any atom is -0.508 e. The number of carbonyl (C=O) groups excluding carboxylic acids is 2. The Morgan fingerprint density at radius 3 is 2.24 bits per heavy atom. The SMILES string of the molecule is COC(=O)/C(=C1\OC(=O)C(c2ccc(O)cc2)=C1O)c1ccccc1. The molecule has 25 heavy (non-hydrogen) atoms. The van der Waals surface area contributed by atoms with Gasteiger partial charge >= 0.3 is 11.9 Å². The minimum absolute atomic E-state index is 0.0190. The number of benzene rings is 2. The minimum atomic E-state index is -0.796. The highest BCUT2D eigenvalue weighted by atomic mass is 16.6. The third-order valence-corrected chi connectivity index (χ3v) is 3.69. The maximum absolute atomic E-state index is 12.2. The van der Waals surface area contributed by atoms with Crippen LogP contribution in [0.2, 0.25) is 0 Å². The van der Waals surface area contributed by atoms with Crippen molar-refractivity contribution in [3.8, 4) is 5.75 Å². The summed E-state index contributed by atoms with van der Waals surface area (Å²) in [6.45, 7) is 0. The summed E-state index contributed by atoms with van der Waals surface area (Å²) in [5, 5.41) is 19.9. The average Bonchev–Trinajstić information content (AvgIpc) is 2.91. The van der Waals surface area contributed by atoms with Gasteiger partial charge in [0.25, 0.3) is 0 Å². The van der Waals surface area contributed by atoms with Crippen molar-refractivity contribution in [2.45, 2.75) is 0 Å². The van der Waals surface area contributed by atoms with Gasteiger partial charge in [0.1, 0.15) is 16.9 Å². The lowest BCUT2D eigenvalue weighted by atomic mass is 10.0. The van der Waals surface area contributed by atoms with Gasteiger partial charge in [-0.1, -0.05) is 42.5 Å². The van der Waals surface area contributed by atoms with E-state index in [9.17, 15) is 19.8 Å². The van der Waals surface area contributed by atoms with E-state index in [-0.39, 0.29) is 22.7 Å². The van der Waals surface area contributed by atoms with Crippen LogP contribution in [-0.2, 0) is 19.1 Å². The first kappa shape index (κ1) is 16.3. The topological polar surface area (TPSA) is 93.1 Å². The van der Waals surface area contributed by atoms with Crippen molar-refractivity contribution in [1.29, 1.82) is 0 Å². The molecule has 3 rings (SSSR count). The summed E-state index contributed by atoms with van der Waals surface area (Å²) in [7, 11) is 1.20. The standard InChI is InChI=1S/C19H14O6/c1-24-18(22)15(11-5-3-2-4-6-11)17-16(21)14(19(23)25-17)12-7-9-13(20)10-8-12/h2-10,20-21H,1H3/b17-15-. The molecule has 1 aliphatic rings. The Morgan fingerprint density at radius 1 is 1.00 bits per heavy atom. The van der Waals surface area contributed by atoms with Gasteiger partial charge in [0.15, 0.2) is 11.5 Å². The Kier molecular flexibility index (Phi) is 4.26. The molecule has 6 nitrogen and oxygen atoms in total. The molecular formula is C19H14O6. The van der Waals surface area contributed by atoms with Crippen molar-refractivity contribution in [1.82, 2.24) is 0 Å². The first-order chi connectivity index (χ1) is 12.0. The first-order valence-corrected chi connectivity index (χ1v) is 7.36. The predicted molar refractivity (Wildman–Crippen MR) is 89.1 cm³/mol. The van der Waals surface area contributed by atoms with Crippen LogP contribution in [0.5, 0.6) is 5.75 Å². The van der Waals surface area contributed by atoms with Crippen molar-refractivity contribution < 1.29 is 29.3 Å². The Morgan fingerprint density at radius 2 is 1.64 bits per heavy atom. The van der Waals surface area contributed by atoms with E-state index in [1.54, 1.807) is 30.3 Å². The summed E-state index contributed by atoms with van der Waals surface area (Å²) in [5.41, 5.74) is 0.651. The number of aliphatic hydroxyl groups excluding tert-OH is 1. The number of carbonyl (C=O) groups is 2. The van der Waals surface area contributed by atoms with E-state index < -0.39 is 17.7 Å². The Balaban J connectivity index is 2.20. The highest BCUT2D eigenvalue weighted by Gasteiger charge is 2.36. The van der Waals surface area contributed by atoms with E-state index in [2.05, 4.69) is 0 Å². The number of cyclic esters (lactones) is 1. The molecule has 1 heterocycles. The molecule has 0 unspecified atom stereocenters. The van der Waals surface area contributed by atoms with Crippen LogP contribution in [0.4, 0.5) is 0 Å². The van der Waals surface area contributed by atoms with Crippen LogP contribution in [0.1, 0.15) is 11.1 Å². The van der Waals surface area contributed by atoms with Gasteiger partial charge in [-0.15, -0.1) is 0 Å². The third-order valence-electron chi connectivity index (χ3n) is 3.69. The van der Waals surface area contributed by atoms with Crippen LogP contribution >= 0.6 is 0 Å². The fourth-order valence-electron chi connectivity index (χ4n) is 2.50. The number of esters is 2. The molecule has 0 bridgehead atoms. The van der Waals surface area contributed by atoms with Crippen LogP contribution in [0.15, 0.2) is 66.1 Å². The van der Waals surface area contributed by atoms with Gasteiger partial charge in [-0.25, -0.2) is 9.59 Å². The molecule has 0 amide bonds. The van der Waals surface area contributed by atoms with E-state index >= 15 is 0 Å². The largest absolute Gasteiger partial charge is 0.508 e. The summed E-state index contributed by atoms with van der Waals surface area (Å²) < 4.78 is 9.93. The number of hydrogen-bond donors (Lipinski definition) is 2. The van der Waals surface area contributed by atoms with Gasteiger partial charge in [-0.05, 0) is 23.3 Å². The number of aliphatic hydroxyl groups is 1. The molecule has 0 aliphatic carbocycles. The maximum atomic E-state index is 12.2. The van der Waals surface area contributed by atoms with Gasteiger partial charge in [-0.3, -0.25) is 0 Å². The van der Waals surface area contributed by atoms with Crippen LogP contribution in [0, 0.1) is 0 Å². The second-order valence-corrected chi connectivity index (χ2v) is 5.22. The van der Waals surface area contributed by atoms with E-state index in [1.165, 1.54) is 31.4 Å². The van der Waals surface area contributed by atoms with Crippen LogP contribution in [0.3, 0.4) is 0 Å². The smallest absolute Gasteiger partial charge is 0.348 e. The molecule has 0 saturated carbocycles. The fourth-order valence-corrected chi connectivity index (χ4v) is 2.50. The lowest BCUT2D eigenvalue weighted by Gasteiger charge is -2.09.